The van der Waals surface area contributed by atoms with Gasteiger partial charge in [0.2, 0.25) is 0 Å². The van der Waals surface area contributed by atoms with Crippen LogP contribution >= 0.6 is 12.4 Å². The highest BCUT2D eigenvalue weighted by Crippen LogP contribution is 2.32. The van der Waals surface area contributed by atoms with E-state index in [0.29, 0.717) is 21.9 Å². The molecule has 0 bridgehead atoms. The number of nitrogens with one attached hydrogen (secondary N) is 2. The van der Waals surface area contributed by atoms with Gasteiger partial charge in [0.15, 0.2) is 0 Å². The summed E-state index contributed by atoms with van der Waals surface area (Å²) in [7, 11) is -2.65. The molecule has 0 aliphatic heterocycles. The van der Waals surface area contributed by atoms with Gasteiger partial charge in [0.05, 0.1) is 10.6 Å². The zero-order chi connectivity index (χ0) is 23.9. The van der Waals surface area contributed by atoms with Crippen molar-refractivity contribution in [2.24, 2.45) is 5.73 Å². The second-order valence-electron chi connectivity index (χ2n) is 7.64. The molecule has 1 atom stereocenters. The largest absolute Gasteiger partial charge is 0.481 e. The van der Waals surface area contributed by atoms with Gasteiger partial charge in [-0.05, 0) is 54.4 Å². The lowest BCUT2D eigenvalue weighted by Crippen LogP contribution is -2.26. The minimum Gasteiger partial charge on any atom is -0.481 e. The minimum atomic E-state index is -4.01. The van der Waals surface area contributed by atoms with Crippen molar-refractivity contribution in [2.75, 3.05) is 11.4 Å². The molecule has 12 heteroatoms. The van der Waals surface area contributed by atoms with Gasteiger partial charge in [-0.2, -0.15) is 0 Å². The summed E-state index contributed by atoms with van der Waals surface area (Å²) in [6.45, 7) is 0. The van der Waals surface area contributed by atoms with E-state index in [1.54, 1.807) is 0 Å². The molecule has 34 heavy (non-hydrogen) atoms. The van der Waals surface area contributed by atoms with Crippen molar-refractivity contribution in [3.8, 4) is 0 Å². The van der Waals surface area contributed by atoms with E-state index < -0.39 is 33.4 Å². The molecule has 4 aromatic rings. The number of H-pyrrole nitrogens is 2. The van der Waals surface area contributed by atoms with E-state index in [0.717, 1.165) is 4.31 Å². The van der Waals surface area contributed by atoms with Gasteiger partial charge in [0.25, 0.3) is 15.6 Å². The first-order valence-electron chi connectivity index (χ1n) is 9.98. The Kier molecular flexibility index (Phi) is 7.01. The molecule has 5 N–H and O–H groups in total. The summed E-state index contributed by atoms with van der Waals surface area (Å²) < 4.78 is 40.8. The number of carboxylic acids is 1. The van der Waals surface area contributed by atoms with Crippen LogP contribution in [0.25, 0.3) is 21.8 Å². The molecule has 0 radical (unpaired) electrons. The van der Waals surface area contributed by atoms with E-state index in [9.17, 15) is 22.4 Å². The van der Waals surface area contributed by atoms with Crippen LogP contribution in [0.15, 0.2) is 58.4 Å². The third-order valence-corrected chi connectivity index (χ3v) is 7.35. The number of fused-ring (bicyclic) bond motifs is 3. The lowest BCUT2D eigenvalue weighted by atomic mass is 10.00. The SMILES string of the molecule is CN(c1ccc(F)cc1)S(=O)(=O)c1ccc2[nH]c(=O)c3[nH]cc(C(N)CCC(=O)O)c3c2c1.Cl. The Bertz CT molecular complexity index is 1530. The first kappa shape index (κ1) is 25.2. The molecule has 2 aromatic carbocycles. The number of nitrogens with two attached hydrogens (primary N) is 1. The number of nitrogens with zero attached hydrogens (tertiary/aromatic N) is 1. The maximum Gasteiger partial charge on any atom is 0.303 e. The average molecular weight is 509 g/mol. The van der Waals surface area contributed by atoms with Crippen LogP contribution in [0.3, 0.4) is 0 Å². The fraction of sp³-hybridized carbons (Fsp3) is 0.182. The topological polar surface area (TPSA) is 149 Å². The highest BCUT2D eigenvalue weighted by Gasteiger charge is 2.24. The first-order chi connectivity index (χ1) is 15.6. The van der Waals surface area contributed by atoms with Crippen molar-refractivity contribution in [3.63, 3.8) is 0 Å². The van der Waals surface area contributed by atoms with Crippen molar-refractivity contribution in [3.05, 3.63) is 70.4 Å². The van der Waals surface area contributed by atoms with Gasteiger partial charge in [-0.1, -0.05) is 0 Å². The molecule has 180 valence electrons. The number of aromatic amines is 2. The second kappa shape index (κ2) is 9.45. The van der Waals surface area contributed by atoms with Crippen molar-refractivity contribution >= 4 is 55.9 Å². The Morgan fingerprint density at radius 1 is 1.21 bits per heavy atom. The monoisotopic (exact) mass is 508 g/mol. The Morgan fingerprint density at radius 3 is 2.53 bits per heavy atom. The van der Waals surface area contributed by atoms with Crippen LogP contribution in [0.1, 0.15) is 24.4 Å². The molecular formula is C22H22ClFN4O5S. The predicted molar refractivity (Wildman–Crippen MR) is 129 cm³/mol. The summed E-state index contributed by atoms with van der Waals surface area (Å²) >= 11 is 0. The number of aromatic nitrogens is 2. The van der Waals surface area contributed by atoms with Gasteiger partial charge in [-0.25, -0.2) is 12.8 Å². The van der Waals surface area contributed by atoms with E-state index in [2.05, 4.69) is 9.97 Å². The fourth-order valence-corrected chi connectivity index (χ4v) is 4.99. The number of halogens is 2. The Labute approximate surface area is 199 Å². The number of carboxylic acid groups (broad SMARTS) is 1. The van der Waals surface area contributed by atoms with E-state index in [1.807, 2.05) is 0 Å². The number of carbonyl (C=O) groups is 1. The number of aliphatic carboxylic acids is 1. The molecule has 4 rings (SSSR count). The number of anilines is 1. The Morgan fingerprint density at radius 2 is 1.88 bits per heavy atom. The molecule has 0 spiro atoms. The second-order valence-corrected chi connectivity index (χ2v) is 9.61. The van der Waals surface area contributed by atoms with Crippen molar-refractivity contribution in [1.82, 2.24) is 9.97 Å². The third kappa shape index (κ3) is 4.49. The van der Waals surface area contributed by atoms with E-state index in [4.69, 9.17) is 10.8 Å². The Hall–Kier alpha value is -3.41. The molecule has 9 nitrogen and oxygen atoms in total. The summed E-state index contributed by atoms with van der Waals surface area (Å²) in [4.78, 5) is 29.0. The lowest BCUT2D eigenvalue weighted by molar-refractivity contribution is -0.137. The molecule has 0 fully saturated rings. The minimum absolute atomic E-state index is 0. The van der Waals surface area contributed by atoms with Crippen molar-refractivity contribution in [2.45, 2.75) is 23.8 Å². The van der Waals surface area contributed by atoms with E-state index in [1.165, 1.54) is 55.7 Å². The number of pyridine rings is 1. The van der Waals surface area contributed by atoms with Crippen molar-refractivity contribution < 1.29 is 22.7 Å². The fourth-order valence-electron chi connectivity index (χ4n) is 3.77. The average Bonchev–Trinajstić information content (AvgIpc) is 3.23. The highest BCUT2D eigenvalue weighted by atomic mass is 35.5. The maximum atomic E-state index is 13.3. The van der Waals surface area contributed by atoms with Gasteiger partial charge in [-0.3, -0.25) is 13.9 Å². The van der Waals surface area contributed by atoms with Crippen LogP contribution in [-0.2, 0) is 14.8 Å². The molecule has 0 saturated carbocycles. The molecule has 0 saturated heterocycles. The summed E-state index contributed by atoms with van der Waals surface area (Å²) in [5.41, 5.74) is 7.21. The van der Waals surface area contributed by atoms with Gasteiger partial charge < -0.3 is 20.8 Å². The molecule has 1 unspecified atom stereocenters. The Balaban J connectivity index is 0.00000324. The van der Waals surface area contributed by atoms with Crippen LogP contribution < -0.4 is 15.6 Å². The standard InChI is InChI=1S/C22H21FN4O5S.ClH/c1-27(13-4-2-12(23)3-5-13)33(31,32)14-6-8-18-15(10-14)20-16(17(24)7-9-19(28)29)11-25-21(20)22(30)26-18;/h2-6,8,10-11,17,25H,7,9,24H2,1H3,(H,26,30)(H,28,29);1H. The quantitative estimate of drug-likeness (QED) is 0.301. The number of hydrogen-bond donors (Lipinski definition) is 4. The molecular weight excluding hydrogens is 487 g/mol. The summed E-state index contributed by atoms with van der Waals surface area (Å²) in [6, 6.07) is 8.66. The van der Waals surface area contributed by atoms with E-state index in [-0.39, 0.29) is 41.3 Å². The molecule has 2 heterocycles. The van der Waals surface area contributed by atoms with Gasteiger partial charge in [0.1, 0.15) is 11.3 Å². The highest BCUT2D eigenvalue weighted by molar-refractivity contribution is 7.92. The number of sulfonamides is 1. The van der Waals surface area contributed by atoms with E-state index >= 15 is 0 Å². The molecule has 2 aromatic heterocycles. The van der Waals surface area contributed by atoms with Gasteiger partial charge in [-0.15, -0.1) is 12.4 Å². The molecule has 0 amide bonds. The van der Waals surface area contributed by atoms with Crippen LogP contribution in [-0.4, -0.2) is 36.5 Å². The maximum absolute atomic E-state index is 13.3. The zero-order valence-electron chi connectivity index (χ0n) is 17.9. The summed E-state index contributed by atoms with van der Waals surface area (Å²) in [5.74, 6) is -1.48. The van der Waals surface area contributed by atoms with Crippen LogP contribution in [0.4, 0.5) is 10.1 Å². The van der Waals surface area contributed by atoms with Crippen LogP contribution in [0.5, 0.6) is 0 Å². The van der Waals surface area contributed by atoms with Gasteiger partial charge >= 0.3 is 5.97 Å². The predicted octanol–water partition coefficient (Wildman–Crippen LogP) is 3.26. The summed E-state index contributed by atoms with van der Waals surface area (Å²) in [5, 5.41) is 9.85. The van der Waals surface area contributed by atoms with Crippen LogP contribution in [0.2, 0.25) is 0 Å². The van der Waals surface area contributed by atoms with Crippen LogP contribution in [0, 0.1) is 5.82 Å². The normalized spacial score (nSPS) is 12.4. The lowest BCUT2D eigenvalue weighted by Gasteiger charge is -2.20. The number of rotatable bonds is 7. The molecule has 0 aliphatic carbocycles. The third-order valence-electron chi connectivity index (χ3n) is 5.56. The van der Waals surface area contributed by atoms with Crippen molar-refractivity contribution in [1.29, 1.82) is 0 Å². The molecule has 0 aliphatic rings. The smallest absolute Gasteiger partial charge is 0.303 e. The number of hydrogen-bond acceptors (Lipinski definition) is 5. The van der Waals surface area contributed by atoms with Gasteiger partial charge in [0, 0.05) is 42.0 Å². The first-order valence-corrected chi connectivity index (χ1v) is 11.4. The zero-order valence-corrected chi connectivity index (χ0v) is 19.5. The summed E-state index contributed by atoms with van der Waals surface area (Å²) in [6.07, 6.45) is 1.52. The number of benzene rings is 2.